The van der Waals surface area contributed by atoms with E-state index in [9.17, 15) is 9.59 Å². The summed E-state index contributed by atoms with van der Waals surface area (Å²) in [6.07, 6.45) is 0.335. The zero-order chi connectivity index (χ0) is 15.8. The lowest BCUT2D eigenvalue weighted by Gasteiger charge is -2.15. The van der Waals surface area contributed by atoms with Gasteiger partial charge in [0.1, 0.15) is 11.8 Å². The fourth-order valence-corrected chi connectivity index (χ4v) is 1.71. The molecule has 0 saturated heterocycles. The quantitative estimate of drug-likeness (QED) is 0.738. The van der Waals surface area contributed by atoms with Gasteiger partial charge in [0.25, 0.3) is 5.91 Å². The van der Waals surface area contributed by atoms with E-state index in [0.717, 1.165) is 11.1 Å². The third-order valence-electron chi connectivity index (χ3n) is 3.14. The van der Waals surface area contributed by atoms with E-state index in [0.29, 0.717) is 18.8 Å². The van der Waals surface area contributed by atoms with Gasteiger partial charge in [0.2, 0.25) is 5.91 Å². The molecule has 6 heteroatoms. The molecule has 0 bridgehead atoms. The van der Waals surface area contributed by atoms with Gasteiger partial charge in [-0.3, -0.25) is 9.59 Å². The highest BCUT2D eigenvalue weighted by Crippen LogP contribution is 2.16. The number of carbonyl (C=O) groups excluding carboxylic acids is 2. The molecule has 1 unspecified atom stereocenters. The van der Waals surface area contributed by atoms with Crippen molar-refractivity contribution in [2.24, 2.45) is 5.73 Å². The molecule has 0 aliphatic heterocycles. The van der Waals surface area contributed by atoms with Crippen LogP contribution in [-0.4, -0.2) is 38.2 Å². The first-order chi connectivity index (χ1) is 9.93. The molecular formula is C15H22N2O4. The number of amides is 2. The van der Waals surface area contributed by atoms with Crippen molar-refractivity contribution in [1.82, 2.24) is 5.32 Å². The van der Waals surface area contributed by atoms with E-state index in [2.05, 4.69) is 5.32 Å². The Labute approximate surface area is 124 Å². The molecule has 3 N–H and O–H groups in total. The van der Waals surface area contributed by atoms with Crippen LogP contribution in [0.15, 0.2) is 18.2 Å². The van der Waals surface area contributed by atoms with E-state index < -0.39 is 17.9 Å². The number of ether oxygens (including phenoxy) is 2. The summed E-state index contributed by atoms with van der Waals surface area (Å²) in [4.78, 5) is 23.0. The minimum absolute atomic E-state index is 0.167. The first-order valence-electron chi connectivity index (χ1n) is 6.71. The Morgan fingerprint density at radius 2 is 2.00 bits per heavy atom. The van der Waals surface area contributed by atoms with Gasteiger partial charge < -0.3 is 20.5 Å². The van der Waals surface area contributed by atoms with E-state index in [1.165, 1.54) is 7.11 Å². The van der Waals surface area contributed by atoms with Gasteiger partial charge in [0.15, 0.2) is 6.61 Å². The Hall–Kier alpha value is -2.08. The van der Waals surface area contributed by atoms with Crippen molar-refractivity contribution in [3.63, 3.8) is 0 Å². The average molecular weight is 294 g/mol. The summed E-state index contributed by atoms with van der Waals surface area (Å²) < 4.78 is 10.3. The second-order valence-corrected chi connectivity index (χ2v) is 4.84. The van der Waals surface area contributed by atoms with E-state index in [-0.39, 0.29) is 6.61 Å². The Morgan fingerprint density at radius 3 is 2.57 bits per heavy atom. The maximum absolute atomic E-state index is 11.8. The monoisotopic (exact) mass is 294 g/mol. The molecule has 116 valence electrons. The Balaban J connectivity index is 2.48. The number of hydrogen-bond donors (Lipinski definition) is 2. The fraction of sp³-hybridized carbons (Fsp3) is 0.467. The molecule has 0 aliphatic rings. The molecule has 0 fully saturated rings. The van der Waals surface area contributed by atoms with Gasteiger partial charge in [-0.25, -0.2) is 0 Å². The van der Waals surface area contributed by atoms with Crippen LogP contribution in [0, 0.1) is 13.8 Å². The molecule has 1 aromatic carbocycles. The topological polar surface area (TPSA) is 90.7 Å². The van der Waals surface area contributed by atoms with Crippen LogP contribution in [0.3, 0.4) is 0 Å². The number of hydrogen-bond acceptors (Lipinski definition) is 4. The molecule has 0 aliphatic carbocycles. The highest BCUT2D eigenvalue weighted by molar-refractivity contribution is 5.87. The molecule has 0 radical (unpaired) electrons. The van der Waals surface area contributed by atoms with Crippen molar-refractivity contribution in [2.75, 3.05) is 20.3 Å². The summed E-state index contributed by atoms with van der Waals surface area (Å²) in [5.74, 6) is -0.375. The van der Waals surface area contributed by atoms with Gasteiger partial charge >= 0.3 is 0 Å². The number of nitrogens with one attached hydrogen (secondary N) is 1. The Bertz CT molecular complexity index is 502. The second kappa shape index (κ2) is 8.26. The number of methoxy groups -OCH3 is 1. The standard InChI is InChI=1S/C15H22N2O4/c1-10-4-5-12(8-11(10)2)21-9-14(18)17-13(15(16)19)6-7-20-3/h4-5,8,13H,6-7,9H2,1-3H3,(H2,16,19)(H,17,18). The predicted octanol–water partition coefficient (Wildman–Crippen LogP) is 0.689. The Kier molecular flexibility index (Phi) is 6.68. The second-order valence-electron chi connectivity index (χ2n) is 4.84. The van der Waals surface area contributed by atoms with E-state index in [1.807, 2.05) is 26.0 Å². The first-order valence-corrected chi connectivity index (χ1v) is 6.71. The van der Waals surface area contributed by atoms with E-state index in [1.54, 1.807) is 6.07 Å². The van der Waals surface area contributed by atoms with Gasteiger partial charge in [-0.1, -0.05) is 6.07 Å². The van der Waals surface area contributed by atoms with Crippen LogP contribution in [0.25, 0.3) is 0 Å². The van der Waals surface area contributed by atoms with Crippen molar-refractivity contribution in [1.29, 1.82) is 0 Å². The van der Waals surface area contributed by atoms with Crippen LogP contribution in [0.1, 0.15) is 17.5 Å². The third-order valence-corrected chi connectivity index (χ3v) is 3.14. The third kappa shape index (κ3) is 5.83. The molecule has 1 aromatic rings. The number of nitrogens with two attached hydrogens (primary N) is 1. The van der Waals surface area contributed by atoms with Gasteiger partial charge in [0, 0.05) is 13.7 Å². The maximum Gasteiger partial charge on any atom is 0.258 e. The summed E-state index contributed by atoms with van der Waals surface area (Å²) in [7, 11) is 1.52. The van der Waals surface area contributed by atoms with Crippen LogP contribution in [0.4, 0.5) is 0 Å². The number of benzene rings is 1. The molecule has 6 nitrogen and oxygen atoms in total. The number of aryl methyl sites for hydroxylation is 2. The zero-order valence-corrected chi connectivity index (χ0v) is 12.6. The van der Waals surface area contributed by atoms with Crippen LogP contribution in [0.2, 0.25) is 0 Å². The predicted molar refractivity (Wildman–Crippen MR) is 79.0 cm³/mol. The molecule has 0 spiro atoms. The van der Waals surface area contributed by atoms with Gasteiger partial charge in [0.05, 0.1) is 0 Å². The number of carbonyl (C=O) groups is 2. The molecule has 0 saturated carbocycles. The lowest BCUT2D eigenvalue weighted by atomic mass is 10.1. The van der Waals surface area contributed by atoms with E-state index >= 15 is 0 Å². The van der Waals surface area contributed by atoms with Crippen molar-refractivity contribution >= 4 is 11.8 Å². The summed E-state index contributed by atoms with van der Waals surface area (Å²) in [5.41, 5.74) is 7.46. The summed E-state index contributed by atoms with van der Waals surface area (Å²) in [6, 6.07) is 4.83. The summed E-state index contributed by atoms with van der Waals surface area (Å²) in [5, 5.41) is 2.53. The van der Waals surface area contributed by atoms with Crippen LogP contribution in [-0.2, 0) is 14.3 Å². The van der Waals surface area contributed by atoms with Crippen LogP contribution in [0.5, 0.6) is 5.75 Å². The molecular weight excluding hydrogens is 272 g/mol. The number of rotatable bonds is 8. The normalized spacial score (nSPS) is 11.8. The van der Waals surface area contributed by atoms with Crippen LogP contribution < -0.4 is 15.8 Å². The van der Waals surface area contributed by atoms with Crippen molar-refractivity contribution < 1.29 is 19.1 Å². The van der Waals surface area contributed by atoms with Crippen molar-refractivity contribution in [3.8, 4) is 5.75 Å². The lowest BCUT2D eigenvalue weighted by Crippen LogP contribution is -2.46. The van der Waals surface area contributed by atoms with Gasteiger partial charge in [-0.2, -0.15) is 0 Å². The summed E-state index contributed by atoms with van der Waals surface area (Å²) in [6.45, 7) is 4.14. The van der Waals surface area contributed by atoms with E-state index in [4.69, 9.17) is 15.2 Å². The molecule has 0 aromatic heterocycles. The molecule has 1 atom stereocenters. The zero-order valence-electron chi connectivity index (χ0n) is 12.6. The SMILES string of the molecule is COCCC(NC(=O)COc1ccc(C)c(C)c1)C(N)=O. The largest absolute Gasteiger partial charge is 0.484 e. The van der Waals surface area contributed by atoms with Crippen LogP contribution >= 0.6 is 0 Å². The van der Waals surface area contributed by atoms with Crippen molar-refractivity contribution in [2.45, 2.75) is 26.3 Å². The van der Waals surface area contributed by atoms with Gasteiger partial charge in [-0.05, 0) is 43.5 Å². The smallest absolute Gasteiger partial charge is 0.258 e. The minimum Gasteiger partial charge on any atom is -0.484 e. The average Bonchev–Trinajstić information content (AvgIpc) is 2.44. The fourth-order valence-electron chi connectivity index (χ4n) is 1.71. The van der Waals surface area contributed by atoms with Gasteiger partial charge in [-0.15, -0.1) is 0 Å². The highest BCUT2D eigenvalue weighted by Gasteiger charge is 2.17. The Morgan fingerprint density at radius 1 is 1.29 bits per heavy atom. The summed E-state index contributed by atoms with van der Waals surface area (Å²) >= 11 is 0. The molecule has 2 amide bonds. The molecule has 1 rings (SSSR count). The first kappa shape index (κ1) is 17.0. The number of primary amides is 1. The highest BCUT2D eigenvalue weighted by atomic mass is 16.5. The molecule has 0 heterocycles. The lowest BCUT2D eigenvalue weighted by molar-refractivity contribution is -0.128. The minimum atomic E-state index is -0.749. The molecule has 21 heavy (non-hydrogen) atoms. The van der Waals surface area contributed by atoms with Crippen molar-refractivity contribution in [3.05, 3.63) is 29.3 Å². The maximum atomic E-state index is 11.8.